The molecule has 15 heavy (non-hydrogen) atoms. The fourth-order valence-electron chi connectivity index (χ4n) is 1.10. The Morgan fingerprint density at radius 2 is 2.27 bits per heavy atom. The zero-order valence-electron chi connectivity index (χ0n) is 9.86. The standard InChI is InChI=1S/C10H20N4O/c1-8(2)10(3,15)6-11-5-9-13-12-7-14(9)4/h7-8,11,15H,5-6H2,1-4H3. The summed E-state index contributed by atoms with van der Waals surface area (Å²) in [6.07, 6.45) is 1.66. The largest absolute Gasteiger partial charge is 0.389 e. The lowest BCUT2D eigenvalue weighted by Gasteiger charge is -2.27. The zero-order valence-corrected chi connectivity index (χ0v) is 9.86. The van der Waals surface area contributed by atoms with E-state index in [-0.39, 0.29) is 5.92 Å². The molecule has 0 aliphatic carbocycles. The second kappa shape index (κ2) is 4.72. The van der Waals surface area contributed by atoms with Crippen LogP contribution in [0.25, 0.3) is 0 Å². The highest BCUT2D eigenvalue weighted by Crippen LogP contribution is 2.14. The van der Waals surface area contributed by atoms with Gasteiger partial charge in [0.1, 0.15) is 12.2 Å². The van der Waals surface area contributed by atoms with Gasteiger partial charge in [0.2, 0.25) is 0 Å². The molecule has 1 aromatic heterocycles. The van der Waals surface area contributed by atoms with E-state index in [0.29, 0.717) is 13.1 Å². The van der Waals surface area contributed by atoms with E-state index in [2.05, 4.69) is 15.5 Å². The minimum atomic E-state index is -0.682. The zero-order chi connectivity index (χ0) is 11.5. The molecule has 0 saturated carbocycles. The van der Waals surface area contributed by atoms with Crippen LogP contribution in [0.3, 0.4) is 0 Å². The summed E-state index contributed by atoms with van der Waals surface area (Å²) in [7, 11) is 1.90. The highest BCUT2D eigenvalue weighted by molar-refractivity contribution is 4.85. The second-order valence-corrected chi connectivity index (χ2v) is 4.47. The van der Waals surface area contributed by atoms with Crippen molar-refractivity contribution in [3.63, 3.8) is 0 Å². The van der Waals surface area contributed by atoms with Gasteiger partial charge in [-0.3, -0.25) is 0 Å². The third kappa shape index (κ3) is 3.28. The van der Waals surface area contributed by atoms with Gasteiger partial charge in [0, 0.05) is 13.6 Å². The maximum Gasteiger partial charge on any atom is 0.146 e. The van der Waals surface area contributed by atoms with Gasteiger partial charge in [-0.1, -0.05) is 13.8 Å². The van der Waals surface area contributed by atoms with E-state index in [4.69, 9.17) is 0 Å². The first-order chi connectivity index (χ1) is 6.93. The first-order valence-electron chi connectivity index (χ1n) is 5.19. The van der Waals surface area contributed by atoms with Crippen LogP contribution in [0.2, 0.25) is 0 Å². The fourth-order valence-corrected chi connectivity index (χ4v) is 1.10. The van der Waals surface area contributed by atoms with Crippen molar-refractivity contribution in [3.8, 4) is 0 Å². The van der Waals surface area contributed by atoms with Gasteiger partial charge in [-0.25, -0.2) is 0 Å². The first-order valence-corrected chi connectivity index (χ1v) is 5.19. The molecule has 0 radical (unpaired) electrons. The lowest BCUT2D eigenvalue weighted by molar-refractivity contribution is 0.0138. The van der Waals surface area contributed by atoms with Gasteiger partial charge in [0.05, 0.1) is 12.1 Å². The number of nitrogens with one attached hydrogen (secondary N) is 1. The van der Waals surface area contributed by atoms with Crippen molar-refractivity contribution in [1.29, 1.82) is 0 Å². The molecule has 0 saturated heterocycles. The summed E-state index contributed by atoms with van der Waals surface area (Å²) in [4.78, 5) is 0. The van der Waals surface area contributed by atoms with Gasteiger partial charge in [0.15, 0.2) is 0 Å². The molecule has 5 nitrogen and oxygen atoms in total. The van der Waals surface area contributed by atoms with E-state index in [1.807, 2.05) is 32.4 Å². The Morgan fingerprint density at radius 3 is 2.73 bits per heavy atom. The third-order valence-electron chi connectivity index (χ3n) is 2.81. The third-order valence-corrected chi connectivity index (χ3v) is 2.81. The summed E-state index contributed by atoms with van der Waals surface area (Å²) in [6.45, 7) is 7.02. The highest BCUT2D eigenvalue weighted by Gasteiger charge is 2.24. The molecule has 1 atom stereocenters. The van der Waals surface area contributed by atoms with Crippen LogP contribution in [0.15, 0.2) is 6.33 Å². The van der Waals surface area contributed by atoms with Gasteiger partial charge < -0.3 is 15.0 Å². The molecule has 1 aromatic rings. The summed E-state index contributed by atoms with van der Waals surface area (Å²) in [5.74, 6) is 1.10. The van der Waals surface area contributed by atoms with Crippen molar-refractivity contribution >= 4 is 0 Å². The molecule has 0 aromatic carbocycles. The minimum Gasteiger partial charge on any atom is -0.389 e. The Hall–Kier alpha value is -0.940. The highest BCUT2D eigenvalue weighted by atomic mass is 16.3. The Bertz CT molecular complexity index is 306. The molecule has 0 fully saturated rings. The Morgan fingerprint density at radius 1 is 1.60 bits per heavy atom. The smallest absolute Gasteiger partial charge is 0.146 e. The van der Waals surface area contributed by atoms with Crippen molar-refractivity contribution in [2.45, 2.75) is 32.9 Å². The number of hydrogen-bond acceptors (Lipinski definition) is 4. The van der Waals surface area contributed by atoms with E-state index < -0.39 is 5.60 Å². The molecule has 0 aliphatic rings. The molecule has 1 heterocycles. The molecule has 1 unspecified atom stereocenters. The van der Waals surface area contributed by atoms with Crippen LogP contribution < -0.4 is 5.32 Å². The predicted molar refractivity (Wildman–Crippen MR) is 58.2 cm³/mol. The number of aryl methyl sites for hydroxylation is 1. The maximum atomic E-state index is 9.98. The first kappa shape index (κ1) is 12.1. The topological polar surface area (TPSA) is 63.0 Å². The number of aromatic nitrogens is 3. The minimum absolute atomic E-state index is 0.226. The molecule has 1 rings (SSSR count). The molecule has 0 bridgehead atoms. The molecule has 0 amide bonds. The molecular formula is C10H20N4O. The average molecular weight is 212 g/mol. The SMILES string of the molecule is CC(C)C(C)(O)CNCc1nncn1C. The number of aliphatic hydroxyl groups is 1. The summed E-state index contributed by atoms with van der Waals surface area (Å²) in [5, 5.41) is 20.9. The molecule has 0 aliphatic heterocycles. The molecular weight excluding hydrogens is 192 g/mol. The van der Waals surface area contributed by atoms with Crippen molar-refractivity contribution < 1.29 is 5.11 Å². The molecule has 0 spiro atoms. The van der Waals surface area contributed by atoms with Crippen LogP contribution in [0.4, 0.5) is 0 Å². The number of hydrogen-bond donors (Lipinski definition) is 2. The van der Waals surface area contributed by atoms with Crippen LogP contribution in [0.5, 0.6) is 0 Å². The van der Waals surface area contributed by atoms with Crippen molar-refractivity contribution in [2.24, 2.45) is 13.0 Å². The van der Waals surface area contributed by atoms with Crippen LogP contribution >= 0.6 is 0 Å². The summed E-state index contributed by atoms with van der Waals surface area (Å²) in [5.41, 5.74) is -0.682. The Balaban J connectivity index is 2.37. The second-order valence-electron chi connectivity index (χ2n) is 4.47. The van der Waals surface area contributed by atoms with E-state index in [1.54, 1.807) is 6.33 Å². The van der Waals surface area contributed by atoms with Crippen LogP contribution in [0, 0.1) is 5.92 Å². The van der Waals surface area contributed by atoms with Gasteiger partial charge >= 0.3 is 0 Å². The molecule has 86 valence electrons. The van der Waals surface area contributed by atoms with Crippen LogP contribution in [-0.2, 0) is 13.6 Å². The van der Waals surface area contributed by atoms with Crippen molar-refractivity contribution in [1.82, 2.24) is 20.1 Å². The van der Waals surface area contributed by atoms with E-state index in [9.17, 15) is 5.11 Å². The predicted octanol–water partition coefficient (Wildman–Crippen LogP) is 0.312. The van der Waals surface area contributed by atoms with E-state index >= 15 is 0 Å². The Labute approximate surface area is 90.5 Å². The van der Waals surface area contributed by atoms with E-state index in [1.165, 1.54) is 0 Å². The lowest BCUT2D eigenvalue weighted by Crippen LogP contribution is -2.42. The van der Waals surface area contributed by atoms with Gasteiger partial charge in [-0.15, -0.1) is 10.2 Å². The maximum absolute atomic E-state index is 9.98. The van der Waals surface area contributed by atoms with E-state index in [0.717, 1.165) is 5.82 Å². The number of rotatable bonds is 5. The van der Waals surface area contributed by atoms with Crippen molar-refractivity contribution in [2.75, 3.05) is 6.54 Å². The molecule has 2 N–H and O–H groups in total. The van der Waals surface area contributed by atoms with Crippen LogP contribution in [-0.4, -0.2) is 32.0 Å². The van der Waals surface area contributed by atoms with Gasteiger partial charge in [0.25, 0.3) is 0 Å². The quantitative estimate of drug-likeness (QED) is 0.737. The fraction of sp³-hybridized carbons (Fsp3) is 0.800. The number of nitrogens with zero attached hydrogens (tertiary/aromatic N) is 3. The van der Waals surface area contributed by atoms with Gasteiger partial charge in [-0.05, 0) is 12.8 Å². The van der Waals surface area contributed by atoms with Crippen molar-refractivity contribution in [3.05, 3.63) is 12.2 Å². The lowest BCUT2D eigenvalue weighted by atomic mass is 9.93. The molecule has 5 heteroatoms. The average Bonchev–Trinajstić information content (AvgIpc) is 2.51. The van der Waals surface area contributed by atoms with Crippen LogP contribution in [0.1, 0.15) is 26.6 Å². The summed E-state index contributed by atoms with van der Waals surface area (Å²) < 4.78 is 1.86. The monoisotopic (exact) mass is 212 g/mol. The van der Waals surface area contributed by atoms with Gasteiger partial charge in [-0.2, -0.15) is 0 Å². The Kier molecular flexibility index (Phi) is 3.82. The summed E-state index contributed by atoms with van der Waals surface area (Å²) in [6, 6.07) is 0. The summed E-state index contributed by atoms with van der Waals surface area (Å²) >= 11 is 0. The normalized spacial score (nSPS) is 15.6.